The van der Waals surface area contributed by atoms with Gasteiger partial charge in [0.25, 0.3) is 10.1 Å². The Morgan fingerprint density at radius 1 is 1.35 bits per heavy atom. The predicted molar refractivity (Wildman–Crippen MR) is 92.2 cm³/mol. The topological polar surface area (TPSA) is 69.7 Å². The first kappa shape index (κ1) is 20.0. The van der Waals surface area contributed by atoms with Crippen LogP contribution in [0.15, 0.2) is 23.1 Å². The van der Waals surface area contributed by atoms with Crippen LogP contribution in [0.5, 0.6) is 0 Å². The molecule has 5 nitrogen and oxygen atoms in total. The number of ether oxygens (including phenoxy) is 1. The van der Waals surface area contributed by atoms with E-state index in [1.54, 1.807) is 18.7 Å². The summed E-state index contributed by atoms with van der Waals surface area (Å²) >= 11 is 1.66. The van der Waals surface area contributed by atoms with E-state index in [1.165, 1.54) is 7.11 Å². The molecule has 0 amide bonds. The Bertz CT molecular complexity index is 625. The molecule has 1 aromatic carbocycles. The zero-order valence-corrected chi connectivity index (χ0v) is 15.6. The van der Waals surface area contributed by atoms with Crippen molar-refractivity contribution in [2.75, 3.05) is 19.1 Å². The maximum atomic E-state index is 11.2. The van der Waals surface area contributed by atoms with Crippen LogP contribution in [0, 0.1) is 6.92 Å². The third kappa shape index (κ3) is 8.39. The van der Waals surface area contributed by atoms with E-state index in [-0.39, 0.29) is 12.1 Å². The standard InChI is InChI=1S/C16H24O5S2/c1-12-11-15(7-5-14(12)6-8-16(17)20-3)22-10-9-13(2)21-23(4,18)19/h5,7,11,13H,6,8-10H2,1-4H3/t13-/m1/s1. The fourth-order valence-electron chi connectivity index (χ4n) is 2.07. The zero-order chi connectivity index (χ0) is 17.5. The summed E-state index contributed by atoms with van der Waals surface area (Å²) in [5, 5.41) is 0. The molecule has 0 N–H and O–H groups in total. The minimum absolute atomic E-state index is 0.206. The maximum absolute atomic E-state index is 11.2. The van der Waals surface area contributed by atoms with E-state index in [1.807, 2.05) is 19.1 Å². The molecule has 0 saturated heterocycles. The quantitative estimate of drug-likeness (QED) is 0.383. The maximum Gasteiger partial charge on any atom is 0.305 e. The number of methoxy groups -OCH3 is 1. The molecule has 0 bridgehead atoms. The molecule has 0 spiro atoms. The number of carbonyl (C=O) groups excluding carboxylic acids is 1. The van der Waals surface area contributed by atoms with Crippen molar-refractivity contribution in [3.8, 4) is 0 Å². The first-order chi connectivity index (χ1) is 10.7. The van der Waals surface area contributed by atoms with E-state index >= 15 is 0 Å². The molecule has 1 atom stereocenters. The first-order valence-electron chi connectivity index (χ1n) is 7.38. The Kier molecular flexibility index (Phi) is 8.08. The molecular weight excluding hydrogens is 336 g/mol. The Morgan fingerprint density at radius 2 is 2.04 bits per heavy atom. The summed E-state index contributed by atoms with van der Waals surface area (Å²) in [7, 11) is -2.00. The van der Waals surface area contributed by atoms with E-state index in [4.69, 9.17) is 4.18 Å². The molecule has 0 aliphatic rings. The lowest BCUT2D eigenvalue weighted by atomic mass is 10.0. The Hall–Kier alpha value is -1.05. The first-order valence-corrected chi connectivity index (χ1v) is 10.2. The van der Waals surface area contributed by atoms with Gasteiger partial charge in [0.05, 0.1) is 19.5 Å². The van der Waals surface area contributed by atoms with Crippen molar-refractivity contribution in [3.05, 3.63) is 29.3 Å². The number of rotatable bonds is 9. The molecule has 0 aromatic heterocycles. The predicted octanol–water partition coefficient (Wildman–Crippen LogP) is 2.95. The second-order valence-corrected chi connectivity index (χ2v) is 8.18. The smallest absolute Gasteiger partial charge is 0.305 e. The number of hydrogen-bond donors (Lipinski definition) is 0. The van der Waals surface area contributed by atoms with E-state index in [0.717, 1.165) is 28.0 Å². The van der Waals surface area contributed by atoms with E-state index in [0.29, 0.717) is 19.3 Å². The number of carbonyl (C=O) groups is 1. The molecular formula is C16H24O5S2. The average molecular weight is 360 g/mol. The van der Waals surface area contributed by atoms with E-state index in [9.17, 15) is 13.2 Å². The van der Waals surface area contributed by atoms with Crippen LogP contribution in [0.1, 0.15) is 30.9 Å². The molecule has 130 valence electrons. The fraction of sp³-hybridized carbons (Fsp3) is 0.562. The number of hydrogen-bond acceptors (Lipinski definition) is 6. The summed E-state index contributed by atoms with van der Waals surface area (Å²) < 4.78 is 31.6. The van der Waals surface area contributed by atoms with Gasteiger partial charge in [0.2, 0.25) is 0 Å². The van der Waals surface area contributed by atoms with Gasteiger partial charge < -0.3 is 4.74 Å². The summed E-state index contributed by atoms with van der Waals surface area (Å²) in [6.45, 7) is 3.77. The van der Waals surface area contributed by atoms with Gasteiger partial charge in [-0.25, -0.2) is 0 Å². The minimum atomic E-state index is -3.39. The summed E-state index contributed by atoms with van der Waals surface area (Å²) in [5.41, 5.74) is 2.27. The van der Waals surface area contributed by atoms with Crippen molar-refractivity contribution in [2.45, 2.75) is 44.1 Å². The van der Waals surface area contributed by atoms with Gasteiger partial charge in [-0.15, -0.1) is 11.8 Å². The molecule has 1 rings (SSSR count). The SMILES string of the molecule is COC(=O)CCc1ccc(SCC[C@@H](C)OS(C)(=O)=O)cc1C. The molecule has 23 heavy (non-hydrogen) atoms. The number of benzene rings is 1. The van der Waals surface area contributed by atoms with E-state index < -0.39 is 10.1 Å². The van der Waals surface area contributed by atoms with Crippen LogP contribution in [-0.2, 0) is 30.3 Å². The van der Waals surface area contributed by atoms with Gasteiger partial charge in [0.15, 0.2) is 0 Å². The van der Waals surface area contributed by atoms with Crippen LogP contribution in [0.4, 0.5) is 0 Å². The van der Waals surface area contributed by atoms with Crippen molar-refractivity contribution in [1.29, 1.82) is 0 Å². The second-order valence-electron chi connectivity index (χ2n) is 5.41. The molecule has 7 heteroatoms. The van der Waals surface area contributed by atoms with Crippen molar-refractivity contribution in [3.63, 3.8) is 0 Å². The third-order valence-corrected chi connectivity index (χ3v) is 4.98. The molecule has 0 fully saturated rings. The number of thioether (sulfide) groups is 1. The van der Waals surface area contributed by atoms with Gasteiger partial charge in [-0.2, -0.15) is 8.42 Å². The molecule has 0 radical (unpaired) electrons. The Labute approximate surface area is 142 Å². The highest BCUT2D eigenvalue weighted by molar-refractivity contribution is 7.99. The van der Waals surface area contributed by atoms with Crippen molar-refractivity contribution in [1.82, 2.24) is 0 Å². The van der Waals surface area contributed by atoms with Gasteiger partial charge in [0.1, 0.15) is 0 Å². The van der Waals surface area contributed by atoms with Gasteiger partial charge in [-0.05, 0) is 49.9 Å². The lowest BCUT2D eigenvalue weighted by molar-refractivity contribution is -0.140. The van der Waals surface area contributed by atoms with Gasteiger partial charge in [0, 0.05) is 17.1 Å². The van der Waals surface area contributed by atoms with Crippen LogP contribution in [0.25, 0.3) is 0 Å². The lowest BCUT2D eigenvalue weighted by Crippen LogP contribution is -2.14. The lowest BCUT2D eigenvalue weighted by Gasteiger charge is -2.11. The third-order valence-electron chi connectivity index (χ3n) is 3.27. The van der Waals surface area contributed by atoms with Crippen LogP contribution in [0.3, 0.4) is 0 Å². The molecule has 0 unspecified atom stereocenters. The van der Waals surface area contributed by atoms with Gasteiger partial charge in [-0.1, -0.05) is 6.07 Å². The summed E-state index contributed by atoms with van der Waals surface area (Å²) in [5.74, 6) is 0.570. The summed E-state index contributed by atoms with van der Waals surface area (Å²) in [4.78, 5) is 12.3. The normalized spacial score (nSPS) is 12.9. The van der Waals surface area contributed by atoms with Crippen LogP contribution in [-0.4, -0.2) is 39.6 Å². The van der Waals surface area contributed by atoms with Gasteiger partial charge >= 0.3 is 5.97 Å². The summed E-state index contributed by atoms with van der Waals surface area (Å²) in [6, 6.07) is 6.13. The van der Waals surface area contributed by atoms with E-state index in [2.05, 4.69) is 10.8 Å². The molecule has 0 heterocycles. The van der Waals surface area contributed by atoms with Crippen molar-refractivity contribution >= 4 is 27.8 Å². The van der Waals surface area contributed by atoms with Crippen molar-refractivity contribution in [2.24, 2.45) is 0 Å². The molecule has 0 aliphatic carbocycles. The van der Waals surface area contributed by atoms with Crippen molar-refractivity contribution < 1.29 is 22.1 Å². The van der Waals surface area contributed by atoms with Gasteiger partial charge in [-0.3, -0.25) is 8.98 Å². The highest BCUT2D eigenvalue weighted by Crippen LogP contribution is 2.23. The Morgan fingerprint density at radius 3 is 2.61 bits per heavy atom. The summed E-state index contributed by atoms with van der Waals surface area (Å²) in [6.07, 6.45) is 2.44. The van der Waals surface area contributed by atoms with Crippen LogP contribution in [0.2, 0.25) is 0 Å². The molecule has 1 aromatic rings. The average Bonchev–Trinajstić information content (AvgIpc) is 2.44. The second kappa shape index (κ2) is 9.30. The monoisotopic (exact) mass is 360 g/mol. The molecule has 0 aliphatic heterocycles. The Balaban J connectivity index is 2.47. The zero-order valence-electron chi connectivity index (χ0n) is 14.0. The highest BCUT2D eigenvalue weighted by atomic mass is 32.2. The molecule has 0 saturated carbocycles. The fourth-order valence-corrected chi connectivity index (χ4v) is 3.87. The van der Waals surface area contributed by atoms with Crippen LogP contribution < -0.4 is 0 Å². The number of aryl methyl sites for hydroxylation is 2. The highest BCUT2D eigenvalue weighted by Gasteiger charge is 2.10. The largest absolute Gasteiger partial charge is 0.469 e. The minimum Gasteiger partial charge on any atom is -0.469 e. The van der Waals surface area contributed by atoms with Crippen LogP contribution >= 0.6 is 11.8 Å². The number of esters is 1.